The van der Waals surface area contributed by atoms with Crippen LogP contribution in [0.2, 0.25) is 0 Å². The fourth-order valence-electron chi connectivity index (χ4n) is 1.13. The van der Waals surface area contributed by atoms with Crippen LogP contribution in [0, 0.1) is 0 Å². The molecule has 1 aromatic rings. The first kappa shape index (κ1) is 12.7. The largest absolute Gasteiger partial charge is 0.370 e. The molecule has 6 nitrogen and oxygen atoms in total. The monoisotopic (exact) mass is 226 g/mol. The van der Waals surface area contributed by atoms with Crippen LogP contribution in [0.5, 0.6) is 0 Å². The molecule has 0 spiro atoms. The highest BCUT2D eigenvalue weighted by Crippen LogP contribution is 2.09. The lowest BCUT2D eigenvalue weighted by atomic mass is 10.4. The number of nitrogens with one attached hydrogen (secondary N) is 1. The normalized spacial score (nSPS) is 10.8. The van der Waals surface area contributed by atoms with E-state index in [9.17, 15) is 4.79 Å². The van der Waals surface area contributed by atoms with Crippen molar-refractivity contribution in [3.05, 3.63) is 12.4 Å². The number of anilines is 1. The van der Waals surface area contributed by atoms with Gasteiger partial charge in [-0.3, -0.25) is 9.48 Å². The third-order valence-corrected chi connectivity index (χ3v) is 1.91. The van der Waals surface area contributed by atoms with Crippen molar-refractivity contribution >= 4 is 11.6 Å². The maximum Gasteiger partial charge on any atom is 0.250 e. The molecule has 0 aromatic carbocycles. The molecule has 0 atom stereocenters. The van der Waals surface area contributed by atoms with E-state index in [0.717, 1.165) is 0 Å². The molecule has 1 amide bonds. The van der Waals surface area contributed by atoms with Gasteiger partial charge in [0.15, 0.2) is 0 Å². The fourth-order valence-corrected chi connectivity index (χ4v) is 1.13. The van der Waals surface area contributed by atoms with Gasteiger partial charge in [-0.2, -0.15) is 5.10 Å². The van der Waals surface area contributed by atoms with Gasteiger partial charge in [0.2, 0.25) is 5.91 Å². The van der Waals surface area contributed by atoms with Gasteiger partial charge in [-0.25, -0.2) is 0 Å². The van der Waals surface area contributed by atoms with E-state index in [0.29, 0.717) is 18.8 Å². The maximum atomic E-state index is 11.4. The van der Waals surface area contributed by atoms with Crippen molar-refractivity contribution in [3.8, 4) is 0 Å². The van der Waals surface area contributed by atoms with Gasteiger partial charge in [0, 0.05) is 18.8 Å². The Hall–Kier alpha value is -1.40. The van der Waals surface area contributed by atoms with Crippen molar-refractivity contribution < 1.29 is 9.53 Å². The van der Waals surface area contributed by atoms with E-state index in [1.165, 1.54) is 0 Å². The first-order chi connectivity index (χ1) is 7.63. The molecule has 1 rings (SSSR count). The second kappa shape index (κ2) is 6.24. The smallest absolute Gasteiger partial charge is 0.250 e. The predicted octanol–water partition coefficient (Wildman–Crippen LogP) is 0.378. The van der Waals surface area contributed by atoms with Crippen LogP contribution in [0.25, 0.3) is 0 Å². The Morgan fingerprint density at radius 2 is 2.44 bits per heavy atom. The molecule has 0 radical (unpaired) electrons. The average Bonchev–Trinajstić information content (AvgIpc) is 2.66. The molecule has 0 saturated carbocycles. The molecule has 1 aromatic heterocycles. The van der Waals surface area contributed by atoms with Gasteiger partial charge in [0.1, 0.15) is 6.61 Å². The number of nitrogens with zero attached hydrogens (tertiary/aromatic N) is 2. The number of carbonyl (C=O) groups excluding carboxylic acids is 1. The summed E-state index contributed by atoms with van der Waals surface area (Å²) in [5.74, 6) is -0.197. The minimum absolute atomic E-state index is 0.0179. The lowest BCUT2D eigenvalue weighted by Crippen LogP contribution is -2.20. The van der Waals surface area contributed by atoms with Crippen LogP contribution >= 0.6 is 0 Å². The van der Waals surface area contributed by atoms with Gasteiger partial charge in [-0.1, -0.05) is 0 Å². The number of hydrogen-bond acceptors (Lipinski definition) is 4. The Kier molecular flexibility index (Phi) is 4.94. The second-order valence-corrected chi connectivity index (χ2v) is 3.69. The minimum Gasteiger partial charge on any atom is -0.370 e. The number of hydrogen-bond donors (Lipinski definition) is 2. The third-order valence-electron chi connectivity index (χ3n) is 1.91. The van der Waals surface area contributed by atoms with E-state index < -0.39 is 0 Å². The summed E-state index contributed by atoms with van der Waals surface area (Å²) < 4.78 is 6.78. The van der Waals surface area contributed by atoms with Crippen molar-refractivity contribution in [2.45, 2.75) is 19.9 Å². The molecular formula is C10H18N4O2. The van der Waals surface area contributed by atoms with Crippen molar-refractivity contribution in [3.63, 3.8) is 0 Å². The Labute approximate surface area is 94.8 Å². The summed E-state index contributed by atoms with van der Waals surface area (Å²) in [7, 11) is 0. The van der Waals surface area contributed by atoms with Crippen molar-refractivity contribution in [2.24, 2.45) is 5.73 Å². The standard InChI is InChI=1S/C10H18N4O2/c1-8(2)14-6-9(5-12-14)13-10(15)7-16-4-3-11/h5-6,8H,3-4,7,11H2,1-2H3,(H,13,15). The Morgan fingerprint density at radius 3 is 3.00 bits per heavy atom. The molecule has 0 bridgehead atoms. The predicted molar refractivity (Wildman–Crippen MR) is 61.1 cm³/mol. The molecule has 0 saturated heterocycles. The third kappa shape index (κ3) is 4.00. The zero-order chi connectivity index (χ0) is 12.0. The topological polar surface area (TPSA) is 82.2 Å². The lowest BCUT2D eigenvalue weighted by Gasteiger charge is -2.04. The Balaban J connectivity index is 2.37. The first-order valence-corrected chi connectivity index (χ1v) is 5.25. The minimum atomic E-state index is -0.197. The van der Waals surface area contributed by atoms with Crippen LogP contribution in [-0.2, 0) is 9.53 Å². The molecule has 0 aliphatic carbocycles. The molecule has 16 heavy (non-hydrogen) atoms. The molecule has 0 aliphatic rings. The van der Waals surface area contributed by atoms with E-state index in [4.69, 9.17) is 10.5 Å². The molecule has 90 valence electrons. The summed E-state index contributed by atoms with van der Waals surface area (Å²) >= 11 is 0. The van der Waals surface area contributed by atoms with Gasteiger partial charge in [0.25, 0.3) is 0 Å². The maximum absolute atomic E-state index is 11.4. The molecule has 1 heterocycles. The lowest BCUT2D eigenvalue weighted by molar-refractivity contribution is -0.120. The van der Waals surface area contributed by atoms with Crippen LogP contribution in [0.4, 0.5) is 5.69 Å². The number of amides is 1. The SMILES string of the molecule is CC(C)n1cc(NC(=O)COCCN)cn1. The summed E-state index contributed by atoms with van der Waals surface area (Å²) in [6.45, 7) is 4.85. The summed E-state index contributed by atoms with van der Waals surface area (Å²) in [4.78, 5) is 11.4. The summed E-state index contributed by atoms with van der Waals surface area (Å²) in [5.41, 5.74) is 5.91. The van der Waals surface area contributed by atoms with Gasteiger partial charge in [-0.05, 0) is 13.8 Å². The zero-order valence-electron chi connectivity index (χ0n) is 9.64. The Morgan fingerprint density at radius 1 is 1.69 bits per heavy atom. The molecule has 0 unspecified atom stereocenters. The van der Waals surface area contributed by atoms with Crippen LogP contribution in [0.1, 0.15) is 19.9 Å². The highest BCUT2D eigenvalue weighted by Gasteiger charge is 2.05. The van der Waals surface area contributed by atoms with Crippen molar-refractivity contribution in [2.75, 3.05) is 25.1 Å². The van der Waals surface area contributed by atoms with Gasteiger partial charge < -0.3 is 15.8 Å². The quantitative estimate of drug-likeness (QED) is 0.687. The van der Waals surface area contributed by atoms with E-state index in [2.05, 4.69) is 10.4 Å². The number of ether oxygens (including phenoxy) is 1. The fraction of sp³-hybridized carbons (Fsp3) is 0.600. The average molecular weight is 226 g/mol. The number of nitrogens with two attached hydrogens (primary N) is 1. The van der Waals surface area contributed by atoms with Crippen LogP contribution in [0.3, 0.4) is 0 Å². The summed E-state index contributed by atoms with van der Waals surface area (Å²) in [6, 6.07) is 0.277. The van der Waals surface area contributed by atoms with E-state index >= 15 is 0 Å². The van der Waals surface area contributed by atoms with E-state index in [1.54, 1.807) is 17.1 Å². The molecular weight excluding hydrogens is 208 g/mol. The van der Waals surface area contributed by atoms with Gasteiger partial charge >= 0.3 is 0 Å². The molecule has 3 N–H and O–H groups in total. The van der Waals surface area contributed by atoms with E-state index in [1.807, 2.05) is 13.8 Å². The second-order valence-electron chi connectivity index (χ2n) is 3.69. The van der Waals surface area contributed by atoms with Crippen LogP contribution in [0.15, 0.2) is 12.4 Å². The van der Waals surface area contributed by atoms with Crippen LogP contribution < -0.4 is 11.1 Å². The number of aromatic nitrogens is 2. The summed E-state index contributed by atoms with van der Waals surface area (Å²) in [6.07, 6.45) is 3.40. The number of carbonyl (C=O) groups is 1. The Bertz CT molecular complexity index is 335. The molecule has 6 heteroatoms. The van der Waals surface area contributed by atoms with E-state index in [-0.39, 0.29) is 18.6 Å². The van der Waals surface area contributed by atoms with Gasteiger partial charge in [0.05, 0.1) is 18.5 Å². The van der Waals surface area contributed by atoms with Crippen molar-refractivity contribution in [1.29, 1.82) is 0 Å². The zero-order valence-corrected chi connectivity index (χ0v) is 9.64. The summed E-state index contributed by atoms with van der Waals surface area (Å²) in [5, 5.41) is 6.79. The van der Waals surface area contributed by atoms with Crippen LogP contribution in [-0.4, -0.2) is 35.4 Å². The molecule has 0 fully saturated rings. The van der Waals surface area contributed by atoms with Crippen molar-refractivity contribution in [1.82, 2.24) is 9.78 Å². The highest BCUT2D eigenvalue weighted by atomic mass is 16.5. The first-order valence-electron chi connectivity index (χ1n) is 5.25. The number of rotatable bonds is 6. The highest BCUT2D eigenvalue weighted by molar-refractivity contribution is 5.91. The van der Waals surface area contributed by atoms with Gasteiger partial charge in [-0.15, -0.1) is 0 Å². The molecule has 0 aliphatic heterocycles.